The van der Waals surface area contributed by atoms with Crippen LogP contribution in [0.3, 0.4) is 0 Å². The van der Waals surface area contributed by atoms with Gasteiger partial charge in [-0.05, 0) is 30.2 Å². The van der Waals surface area contributed by atoms with Crippen molar-refractivity contribution < 1.29 is 5.11 Å². The lowest BCUT2D eigenvalue weighted by molar-refractivity contribution is 0.417. The van der Waals surface area contributed by atoms with E-state index in [1.54, 1.807) is 6.08 Å². The van der Waals surface area contributed by atoms with Crippen molar-refractivity contribution in [3.8, 4) is 0 Å². The van der Waals surface area contributed by atoms with E-state index in [1.807, 2.05) is 24.3 Å². The molecule has 1 aromatic rings. The summed E-state index contributed by atoms with van der Waals surface area (Å²) < 4.78 is 0.990. The lowest BCUT2D eigenvalue weighted by Crippen LogP contribution is -1.99. The summed E-state index contributed by atoms with van der Waals surface area (Å²) >= 11 is 3.37. The van der Waals surface area contributed by atoms with Crippen LogP contribution in [0.15, 0.2) is 65.9 Å². The van der Waals surface area contributed by atoms with Gasteiger partial charge in [0.05, 0.1) is 5.76 Å². The molecule has 0 saturated heterocycles. The van der Waals surface area contributed by atoms with Crippen molar-refractivity contribution in [1.29, 1.82) is 5.41 Å². The van der Waals surface area contributed by atoms with E-state index < -0.39 is 0 Å². The smallest absolute Gasteiger partial charge is 0.0820 e. The van der Waals surface area contributed by atoms with Crippen LogP contribution in [0, 0.1) is 5.41 Å². The second kappa shape index (κ2) is 8.48. The zero-order valence-corrected chi connectivity index (χ0v) is 12.1. The summed E-state index contributed by atoms with van der Waals surface area (Å²) in [6.45, 7) is 12.0. The van der Waals surface area contributed by atoms with Gasteiger partial charge in [0, 0.05) is 16.6 Å². The number of rotatable bonds is 4. The van der Waals surface area contributed by atoms with E-state index in [4.69, 9.17) is 10.5 Å². The van der Waals surface area contributed by atoms with E-state index in [0.29, 0.717) is 12.1 Å². The van der Waals surface area contributed by atoms with Gasteiger partial charge in [0.1, 0.15) is 0 Å². The highest BCUT2D eigenvalue weighted by atomic mass is 79.9. The summed E-state index contributed by atoms with van der Waals surface area (Å²) in [7, 11) is 0. The first-order chi connectivity index (χ1) is 8.36. The van der Waals surface area contributed by atoms with Crippen molar-refractivity contribution in [2.45, 2.75) is 13.3 Å². The van der Waals surface area contributed by atoms with Crippen LogP contribution in [0.5, 0.6) is 0 Å². The van der Waals surface area contributed by atoms with Crippen LogP contribution in [-0.4, -0.2) is 10.8 Å². The van der Waals surface area contributed by atoms with Gasteiger partial charge in [0.2, 0.25) is 0 Å². The number of nitrogens with one attached hydrogen (secondary N) is 1. The summed E-state index contributed by atoms with van der Waals surface area (Å²) in [4.78, 5) is 0. The second-order valence-electron chi connectivity index (χ2n) is 3.76. The predicted molar refractivity (Wildman–Crippen MR) is 82.4 cm³/mol. The molecule has 0 spiro atoms. The Morgan fingerprint density at radius 1 is 1.44 bits per heavy atom. The summed E-state index contributed by atoms with van der Waals surface area (Å²) in [5.74, 6) is 0.167. The molecule has 0 heterocycles. The molecule has 18 heavy (non-hydrogen) atoms. The Morgan fingerprint density at radius 3 is 2.44 bits per heavy atom. The Kier molecular flexibility index (Phi) is 7.72. The highest BCUT2D eigenvalue weighted by Crippen LogP contribution is 2.14. The lowest BCUT2D eigenvalue weighted by Gasteiger charge is -2.04. The van der Waals surface area contributed by atoms with Crippen molar-refractivity contribution >= 4 is 21.6 Å². The first-order valence-corrected chi connectivity index (χ1v) is 6.14. The Balaban J connectivity index is 0.000000631. The summed E-state index contributed by atoms with van der Waals surface area (Å²) in [5, 5.41) is 15.7. The van der Waals surface area contributed by atoms with E-state index in [-0.39, 0.29) is 5.76 Å². The molecule has 1 aromatic carbocycles. The number of benzene rings is 1. The van der Waals surface area contributed by atoms with Crippen LogP contribution >= 0.6 is 15.9 Å². The maximum atomic E-state index is 7.86. The van der Waals surface area contributed by atoms with E-state index in [0.717, 1.165) is 15.6 Å². The number of allylic oxidation sites excluding steroid dienone is 3. The average Bonchev–Trinajstić information content (AvgIpc) is 2.28. The van der Waals surface area contributed by atoms with Gasteiger partial charge in [-0.1, -0.05) is 53.9 Å². The molecule has 0 aliphatic heterocycles. The first kappa shape index (κ1) is 16.4. The minimum absolute atomic E-state index is 0.167. The third kappa shape index (κ3) is 7.63. The van der Waals surface area contributed by atoms with Crippen LogP contribution in [0.1, 0.15) is 18.9 Å². The average molecular weight is 308 g/mol. The molecule has 0 fully saturated rings. The normalized spacial score (nSPS) is 8.78. The van der Waals surface area contributed by atoms with E-state index >= 15 is 0 Å². The lowest BCUT2D eigenvalue weighted by atomic mass is 10.0. The Morgan fingerprint density at radius 2 is 2.00 bits per heavy atom. The van der Waals surface area contributed by atoms with E-state index in [2.05, 4.69) is 35.7 Å². The van der Waals surface area contributed by atoms with Gasteiger partial charge >= 0.3 is 0 Å². The van der Waals surface area contributed by atoms with Crippen LogP contribution in [0.25, 0.3) is 0 Å². The van der Waals surface area contributed by atoms with Gasteiger partial charge in [-0.15, -0.1) is 0 Å². The maximum absolute atomic E-state index is 7.86. The second-order valence-corrected chi connectivity index (χ2v) is 4.68. The fourth-order valence-corrected chi connectivity index (χ4v) is 1.48. The predicted octanol–water partition coefficient (Wildman–Crippen LogP) is 5.03. The van der Waals surface area contributed by atoms with Crippen molar-refractivity contribution in [2.24, 2.45) is 0 Å². The van der Waals surface area contributed by atoms with Crippen LogP contribution < -0.4 is 0 Å². The van der Waals surface area contributed by atoms with Crippen molar-refractivity contribution in [2.75, 3.05) is 0 Å². The molecule has 0 bridgehead atoms. The zero-order chi connectivity index (χ0) is 14.1. The standard InChI is InChI=1S/C12H12BrN.C3H6O/c1-3-9(2)7-12(14)10-5-4-6-11(13)8-10;1-3(2)4/h3-6,8,14H,1-2,7H2;4H,1H2,2H3. The molecule has 0 radical (unpaired) electrons. The third-order valence-electron chi connectivity index (χ3n) is 1.87. The number of hydrogen-bond donors (Lipinski definition) is 2. The first-order valence-electron chi connectivity index (χ1n) is 5.35. The summed E-state index contributed by atoms with van der Waals surface area (Å²) in [5.41, 5.74) is 2.36. The Bertz CT molecular complexity index is 459. The Labute approximate surface area is 117 Å². The molecule has 2 N–H and O–H groups in total. The summed E-state index contributed by atoms with van der Waals surface area (Å²) in [6, 6.07) is 7.71. The van der Waals surface area contributed by atoms with Gasteiger partial charge in [-0.2, -0.15) is 0 Å². The molecule has 0 aromatic heterocycles. The van der Waals surface area contributed by atoms with Gasteiger partial charge in [-0.25, -0.2) is 0 Å². The fourth-order valence-electron chi connectivity index (χ4n) is 1.08. The van der Waals surface area contributed by atoms with Crippen LogP contribution in [0.2, 0.25) is 0 Å². The van der Waals surface area contributed by atoms with Crippen LogP contribution in [-0.2, 0) is 0 Å². The molecule has 3 heteroatoms. The minimum atomic E-state index is 0.167. The van der Waals surface area contributed by atoms with Crippen molar-refractivity contribution in [3.05, 3.63) is 71.4 Å². The molecule has 0 amide bonds. The minimum Gasteiger partial charge on any atom is -0.513 e. The molecule has 1 rings (SSSR count). The molecule has 0 aliphatic carbocycles. The fraction of sp³-hybridized carbons (Fsp3) is 0.133. The molecule has 0 saturated carbocycles. The van der Waals surface area contributed by atoms with E-state index in [1.165, 1.54) is 6.92 Å². The molecule has 0 unspecified atom stereocenters. The SMILES string of the molecule is C=C(C)O.C=CC(=C)CC(=N)c1cccc(Br)c1. The number of aliphatic hydroxyl groups excluding tert-OH is 1. The topological polar surface area (TPSA) is 44.1 Å². The van der Waals surface area contributed by atoms with Crippen LogP contribution in [0.4, 0.5) is 0 Å². The third-order valence-corrected chi connectivity index (χ3v) is 2.36. The maximum Gasteiger partial charge on any atom is 0.0820 e. The van der Waals surface area contributed by atoms with Gasteiger partial charge in [0.15, 0.2) is 0 Å². The van der Waals surface area contributed by atoms with E-state index in [9.17, 15) is 0 Å². The van der Waals surface area contributed by atoms with Gasteiger partial charge in [-0.3, -0.25) is 0 Å². The number of halogens is 1. The van der Waals surface area contributed by atoms with Crippen molar-refractivity contribution in [1.82, 2.24) is 0 Å². The van der Waals surface area contributed by atoms with Crippen molar-refractivity contribution in [3.63, 3.8) is 0 Å². The number of hydrogen-bond acceptors (Lipinski definition) is 2. The summed E-state index contributed by atoms with van der Waals surface area (Å²) in [6.07, 6.45) is 2.24. The molecule has 0 aliphatic rings. The monoisotopic (exact) mass is 307 g/mol. The molecule has 0 atom stereocenters. The largest absolute Gasteiger partial charge is 0.513 e. The van der Waals surface area contributed by atoms with Gasteiger partial charge in [0.25, 0.3) is 0 Å². The highest BCUT2D eigenvalue weighted by Gasteiger charge is 2.02. The Hall–Kier alpha value is -1.61. The molecule has 2 nitrogen and oxygen atoms in total. The molecular weight excluding hydrogens is 290 g/mol. The van der Waals surface area contributed by atoms with Gasteiger partial charge < -0.3 is 10.5 Å². The number of aliphatic hydroxyl groups is 1. The zero-order valence-electron chi connectivity index (χ0n) is 10.5. The molecular formula is C15H18BrNO. The quantitative estimate of drug-likeness (QED) is 0.457. The highest BCUT2D eigenvalue weighted by molar-refractivity contribution is 9.10. The molecule has 96 valence electrons.